The Labute approximate surface area is 203 Å². The van der Waals surface area contributed by atoms with Gasteiger partial charge in [-0.2, -0.15) is 0 Å². The van der Waals surface area contributed by atoms with Crippen molar-refractivity contribution in [3.8, 4) is 17.2 Å². The second-order valence-electron chi connectivity index (χ2n) is 8.33. The van der Waals surface area contributed by atoms with Crippen molar-refractivity contribution in [3.63, 3.8) is 0 Å². The van der Waals surface area contributed by atoms with Crippen LogP contribution in [0.25, 0.3) is 0 Å². The molecule has 3 aromatic rings. The lowest BCUT2D eigenvalue weighted by molar-refractivity contribution is -0.130. The molecule has 174 valence electrons. The van der Waals surface area contributed by atoms with Gasteiger partial charge in [0.2, 0.25) is 5.91 Å². The van der Waals surface area contributed by atoms with Crippen molar-refractivity contribution in [2.45, 2.75) is 18.7 Å². The van der Waals surface area contributed by atoms with Gasteiger partial charge in [0.25, 0.3) is 0 Å². The first kappa shape index (κ1) is 22.0. The van der Waals surface area contributed by atoms with Gasteiger partial charge in [-0.3, -0.25) is 9.69 Å². The Morgan fingerprint density at radius 3 is 2.44 bits per heavy atom. The van der Waals surface area contributed by atoms with Gasteiger partial charge >= 0.3 is 0 Å². The molecule has 5 rings (SSSR count). The molecule has 0 saturated carbocycles. The summed E-state index contributed by atoms with van der Waals surface area (Å²) < 4.78 is 17.5. The molecular formula is C26H25N3O4S. The van der Waals surface area contributed by atoms with E-state index >= 15 is 0 Å². The number of carbonyl (C=O) groups excluding carboxylic acids is 1. The van der Waals surface area contributed by atoms with Crippen LogP contribution in [0.3, 0.4) is 0 Å². The molecule has 2 heterocycles. The summed E-state index contributed by atoms with van der Waals surface area (Å²) in [4.78, 5) is 15.7. The molecule has 1 fully saturated rings. The molecule has 2 aliphatic heterocycles. The molecule has 0 aromatic heterocycles. The Morgan fingerprint density at radius 1 is 1.03 bits per heavy atom. The Hall–Kier alpha value is -3.78. The number of methoxy groups -OCH3 is 2. The Morgan fingerprint density at radius 2 is 1.76 bits per heavy atom. The molecule has 8 heteroatoms. The average Bonchev–Trinajstić information content (AvgIpc) is 2.84. The zero-order chi connectivity index (χ0) is 23.9. The van der Waals surface area contributed by atoms with Crippen LogP contribution < -0.4 is 29.7 Å². The van der Waals surface area contributed by atoms with Crippen LogP contribution in [0.5, 0.6) is 17.2 Å². The number of rotatable bonds is 5. The third kappa shape index (κ3) is 3.51. The van der Waals surface area contributed by atoms with E-state index in [0.717, 1.165) is 11.3 Å². The third-order valence-corrected chi connectivity index (χ3v) is 6.66. The van der Waals surface area contributed by atoms with Crippen molar-refractivity contribution in [1.29, 1.82) is 0 Å². The van der Waals surface area contributed by atoms with Gasteiger partial charge in [-0.05, 0) is 61.6 Å². The van der Waals surface area contributed by atoms with Crippen LogP contribution in [0.15, 0.2) is 72.8 Å². The number of thiocarbonyl (C=S) groups is 1. The Bertz CT molecular complexity index is 1230. The second kappa shape index (κ2) is 8.53. The number of ether oxygens (including phenoxy) is 3. The molecule has 2 N–H and O–H groups in total. The summed E-state index contributed by atoms with van der Waals surface area (Å²) in [5.74, 6) is 1.08. The van der Waals surface area contributed by atoms with E-state index in [1.54, 1.807) is 26.4 Å². The first-order chi connectivity index (χ1) is 16.5. The van der Waals surface area contributed by atoms with Crippen LogP contribution in [-0.2, 0) is 4.79 Å². The van der Waals surface area contributed by atoms with Gasteiger partial charge in [0.1, 0.15) is 11.7 Å². The van der Waals surface area contributed by atoms with Crippen LogP contribution >= 0.6 is 12.2 Å². The van der Waals surface area contributed by atoms with E-state index in [1.165, 1.54) is 0 Å². The fourth-order valence-electron chi connectivity index (χ4n) is 4.79. The summed E-state index contributed by atoms with van der Waals surface area (Å²) in [7, 11) is 3.21. The molecule has 3 atom stereocenters. The Kier molecular flexibility index (Phi) is 5.53. The minimum atomic E-state index is -1.12. The molecule has 34 heavy (non-hydrogen) atoms. The molecular weight excluding hydrogens is 450 g/mol. The number of hydrogen-bond acceptors (Lipinski definition) is 5. The van der Waals surface area contributed by atoms with Gasteiger partial charge in [-0.25, -0.2) is 0 Å². The zero-order valence-corrected chi connectivity index (χ0v) is 19.9. The van der Waals surface area contributed by atoms with Crippen LogP contribution in [0.4, 0.5) is 11.4 Å². The minimum Gasteiger partial charge on any atom is -0.497 e. The number of amides is 1. The first-order valence-corrected chi connectivity index (χ1v) is 11.3. The van der Waals surface area contributed by atoms with Crippen molar-refractivity contribution in [2.75, 3.05) is 24.4 Å². The average molecular weight is 476 g/mol. The van der Waals surface area contributed by atoms with E-state index in [9.17, 15) is 4.79 Å². The Balaban J connectivity index is 1.61. The molecule has 2 aliphatic rings. The fourth-order valence-corrected chi connectivity index (χ4v) is 5.20. The number of para-hydroxylation sites is 2. The highest BCUT2D eigenvalue weighted by Gasteiger charge is 2.59. The molecule has 0 radical (unpaired) electrons. The van der Waals surface area contributed by atoms with Gasteiger partial charge in [0, 0.05) is 16.9 Å². The molecule has 1 amide bonds. The number of nitrogens with one attached hydrogen (secondary N) is 2. The van der Waals surface area contributed by atoms with E-state index in [0.29, 0.717) is 28.0 Å². The van der Waals surface area contributed by atoms with Gasteiger partial charge in [0.15, 0.2) is 22.3 Å². The highest BCUT2D eigenvalue weighted by atomic mass is 32.1. The summed E-state index contributed by atoms with van der Waals surface area (Å²) in [6.45, 7) is 1.90. The molecule has 0 spiro atoms. The molecule has 0 unspecified atom stereocenters. The second-order valence-corrected chi connectivity index (χ2v) is 8.72. The summed E-state index contributed by atoms with van der Waals surface area (Å²) in [5, 5.41) is 6.94. The maximum atomic E-state index is 13.8. The number of benzene rings is 3. The van der Waals surface area contributed by atoms with Gasteiger partial charge in [-0.1, -0.05) is 30.3 Å². The van der Waals surface area contributed by atoms with E-state index in [-0.39, 0.29) is 5.91 Å². The number of anilines is 2. The third-order valence-electron chi connectivity index (χ3n) is 6.36. The van der Waals surface area contributed by atoms with E-state index in [2.05, 4.69) is 10.6 Å². The molecule has 1 saturated heterocycles. The lowest BCUT2D eigenvalue weighted by Gasteiger charge is -2.56. The molecule has 2 bridgehead atoms. The first-order valence-electron chi connectivity index (χ1n) is 10.9. The number of nitrogens with zero attached hydrogens (tertiary/aromatic N) is 1. The van der Waals surface area contributed by atoms with Crippen molar-refractivity contribution in [2.24, 2.45) is 5.92 Å². The predicted octanol–water partition coefficient (Wildman–Crippen LogP) is 4.50. The van der Waals surface area contributed by atoms with Crippen LogP contribution in [-0.4, -0.2) is 31.0 Å². The summed E-state index contributed by atoms with van der Waals surface area (Å²) in [5.41, 5.74) is 1.19. The number of fused-ring (bicyclic) bond motifs is 4. The molecule has 0 aliphatic carbocycles. The monoisotopic (exact) mass is 475 g/mol. The largest absolute Gasteiger partial charge is 0.497 e. The SMILES string of the molecule is COc1ccc(NC(=O)[C@H]2[C@@H]3NC(=S)N(c4ccccc4)[C@]2(C)Oc2c(OC)cccc23)cc1. The van der Waals surface area contributed by atoms with Crippen molar-refractivity contribution in [3.05, 3.63) is 78.4 Å². The number of carbonyl (C=O) groups is 1. The predicted molar refractivity (Wildman–Crippen MR) is 135 cm³/mol. The maximum absolute atomic E-state index is 13.8. The standard InChI is InChI=1S/C26H25N3O4S/c1-26-21(24(30)27-16-12-14-18(31-2)15-13-16)22(19-10-7-11-20(32-3)23(19)33-26)28-25(34)29(26)17-8-5-4-6-9-17/h4-15,21-22H,1-3H3,(H,27,30)(H,28,34)/t21-,22-,26-/m1/s1. The lowest BCUT2D eigenvalue weighted by Crippen LogP contribution is -2.72. The van der Waals surface area contributed by atoms with E-state index in [4.69, 9.17) is 26.4 Å². The van der Waals surface area contributed by atoms with Crippen LogP contribution in [0.1, 0.15) is 18.5 Å². The lowest BCUT2D eigenvalue weighted by atomic mass is 9.78. The highest BCUT2D eigenvalue weighted by Crippen LogP contribution is 2.52. The highest BCUT2D eigenvalue weighted by molar-refractivity contribution is 7.80. The fraction of sp³-hybridized carbons (Fsp3) is 0.231. The van der Waals surface area contributed by atoms with Gasteiger partial charge in [0.05, 0.1) is 20.3 Å². The van der Waals surface area contributed by atoms with Crippen molar-refractivity contribution >= 4 is 34.6 Å². The molecule has 7 nitrogen and oxygen atoms in total. The minimum absolute atomic E-state index is 0.193. The zero-order valence-electron chi connectivity index (χ0n) is 19.1. The summed E-state index contributed by atoms with van der Waals surface area (Å²) >= 11 is 5.78. The topological polar surface area (TPSA) is 72.1 Å². The van der Waals surface area contributed by atoms with E-state index < -0.39 is 17.7 Å². The summed E-state index contributed by atoms with van der Waals surface area (Å²) in [6, 6.07) is 22.2. The normalized spacial score (nSPS) is 22.7. The summed E-state index contributed by atoms with van der Waals surface area (Å²) in [6.07, 6.45) is 0. The molecule has 3 aromatic carbocycles. The van der Waals surface area contributed by atoms with Crippen molar-refractivity contribution in [1.82, 2.24) is 5.32 Å². The van der Waals surface area contributed by atoms with Crippen LogP contribution in [0.2, 0.25) is 0 Å². The van der Waals surface area contributed by atoms with Gasteiger partial charge < -0.3 is 24.8 Å². The number of hydrogen-bond donors (Lipinski definition) is 2. The smallest absolute Gasteiger partial charge is 0.236 e. The van der Waals surface area contributed by atoms with Gasteiger partial charge in [-0.15, -0.1) is 0 Å². The van der Waals surface area contributed by atoms with E-state index in [1.807, 2.05) is 72.5 Å². The van der Waals surface area contributed by atoms with Crippen LogP contribution in [0, 0.1) is 5.92 Å². The maximum Gasteiger partial charge on any atom is 0.236 e. The van der Waals surface area contributed by atoms with Crippen molar-refractivity contribution < 1.29 is 19.0 Å². The quantitative estimate of drug-likeness (QED) is 0.527.